The first-order chi connectivity index (χ1) is 9.75. The molecule has 3 rings (SSSR count). The summed E-state index contributed by atoms with van der Waals surface area (Å²) in [5.41, 5.74) is 9.83. The summed E-state index contributed by atoms with van der Waals surface area (Å²) in [6.45, 7) is 2.15. The van der Waals surface area contributed by atoms with E-state index in [2.05, 4.69) is 21.5 Å². The van der Waals surface area contributed by atoms with Gasteiger partial charge in [0.05, 0.1) is 24.3 Å². The van der Waals surface area contributed by atoms with Gasteiger partial charge in [0.2, 0.25) is 0 Å². The molecule has 100 valence electrons. The molecule has 2 N–H and O–H groups in total. The molecular weight excluding hydrogens is 248 g/mol. The van der Waals surface area contributed by atoms with E-state index in [1.807, 2.05) is 55.1 Å². The van der Waals surface area contributed by atoms with Crippen molar-refractivity contribution >= 4 is 5.69 Å². The number of hydrogen-bond acceptors (Lipinski definition) is 3. The molecule has 4 nitrogen and oxygen atoms in total. The zero-order valence-electron chi connectivity index (χ0n) is 11.3. The average molecular weight is 264 g/mol. The van der Waals surface area contributed by atoms with Gasteiger partial charge >= 0.3 is 0 Å². The normalized spacial score (nSPS) is 12.2. The molecular formula is C16H16N4. The molecule has 0 bridgehead atoms. The summed E-state index contributed by atoms with van der Waals surface area (Å²) < 4.78 is 2.14. The predicted molar refractivity (Wildman–Crippen MR) is 80.1 cm³/mol. The zero-order chi connectivity index (χ0) is 13.9. The molecule has 4 heteroatoms. The number of pyridine rings is 1. The van der Waals surface area contributed by atoms with E-state index in [1.165, 1.54) is 5.56 Å². The van der Waals surface area contributed by atoms with Crippen molar-refractivity contribution in [2.75, 3.05) is 5.73 Å². The number of anilines is 1. The van der Waals surface area contributed by atoms with Gasteiger partial charge < -0.3 is 10.3 Å². The second-order valence-electron chi connectivity index (χ2n) is 4.77. The number of benzene rings is 1. The van der Waals surface area contributed by atoms with Gasteiger partial charge in [0.1, 0.15) is 0 Å². The maximum absolute atomic E-state index is 5.74. The predicted octanol–water partition coefficient (Wildman–Crippen LogP) is 3.14. The second kappa shape index (κ2) is 5.17. The first kappa shape index (κ1) is 12.4. The van der Waals surface area contributed by atoms with Gasteiger partial charge in [0.15, 0.2) is 0 Å². The van der Waals surface area contributed by atoms with Crippen LogP contribution in [0.5, 0.6) is 0 Å². The van der Waals surface area contributed by atoms with Crippen molar-refractivity contribution < 1.29 is 0 Å². The standard InChI is InChI=1S/C16H16N4/c1-12(13-4-6-15(17)7-5-13)20-11-19-10-16(20)14-3-2-8-18-9-14/h2-12H,17H2,1H3. The third-order valence-corrected chi connectivity index (χ3v) is 3.46. The molecule has 0 saturated heterocycles. The Kier molecular flexibility index (Phi) is 3.21. The summed E-state index contributed by atoms with van der Waals surface area (Å²) in [5.74, 6) is 0. The highest BCUT2D eigenvalue weighted by atomic mass is 15.1. The Bertz CT molecular complexity index is 686. The molecule has 0 aliphatic rings. The first-order valence-electron chi connectivity index (χ1n) is 6.53. The van der Waals surface area contributed by atoms with Gasteiger partial charge in [-0.15, -0.1) is 0 Å². The van der Waals surface area contributed by atoms with Gasteiger partial charge in [-0.05, 0) is 36.8 Å². The van der Waals surface area contributed by atoms with Crippen LogP contribution in [-0.2, 0) is 0 Å². The number of imidazole rings is 1. The molecule has 0 aliphatic carbocycles. The van der Waals surface area contributed by atoms with Gasteiger partial charge in [0, 0.05) is 23.6 Å². The van der Waals surface area contributed by atoms with Crippen LogP contribution in [0.25, 0.3) is 11.3 Å². The van der Waals surface area contributed by atoms with Crippen molar-refractivity contribution in [1.82, 2.24) is 14.5 Å². The van der Waals surface area contributed by atoms with Crippen LogP contribution in [0, 0.1) is 0 Å². The summed E-state index contributed by atoms with van der Waals surface area (Å²) in [6.07, 6.45) is 7.34. The zero-order valence-corrected chi connectivity index (χ0v) is 11.3. The molecule has 1 aromatic carbocycles. The van der Waals surface area contributed by atoms with Crippen LogP contribution in [0.2, 0.25) is 0 Å². The molecule has 0 saturated carbocycles. The molecule has 2 aromatic heterocycles. The van der Waals surface area contributed by atoms with Gasteiger partial charge in [-0.25, -0.2) is 4.98 Å². The van der Waals surface area contributed by atoms with Gasteiger partial charge in [-0.1, -0.05) is 12.1 Å². The van der Waals surface area contributed by atoms with Crippen LogP contribution < -0.4 is 5.73 Å². The Hall–Kier alpha value is -2.62. The number of nitrogens with two attached hydrogens (primary N) is 1. The minimum atomic E-state index is 0.188. The quantitative estimate of drug-likeness (QED) is 0.739. The Balaban J connectivity index is 1.99. The minimum Gasteiger partial charge on any atom is -0.399 e. The molecule has 0 fully saturated rings. The average Bonchev–Trinajstić information content (AvgIpc) is 2.97. The van der Waals surface area contributed by atoms with Crippen LogP contribution in [0.1, 0.15) is 18.5 Å². The first-order valence-corrected chi connectivity index (χ1v) is 6.53. The van der Waals surface area contributed by atoms with Crippen molar-refractivity contribution in [2.45, 2.75) is 13.0 Å². The van der Waals surface area contributed by atoms with Crippen molar-refractivity contribution in [3.63, 3.8) is 0 Å². The van der Waals surface area contributed by atoms with E-state index in [-0.39, 0.29) is 6.04 Å². The lowest BCUT2D eigenvalue weighted by Gasteiger charge is -2.17. The number of nitrogens with zero attached hydrogens (tertiary/aromatic N) is 3. The van der Waals surface area contributed by atoms with Crippen LogP contribution in [0.15, 0.2) is 61.3 Å². The topological polar surface area (TPSA) is 56.7 Å². The van der Waals surface area contributed by atoms with Crippen LogP contribution in [-0.4, -0.2) is 14.5 Å². The smallest absolute Gasteiger partial charge is 0.0956 e. The summed E-state index contributed by atoms with van der Waals surface area (Å²) in [7, 11) is 0. The number of rotatable bonds is 3. The van der Waals surface area contributed by atoms with E-state index in [1.54, 1.807) is 6.20 Å². The van der Waals surface area contributed by atoms with Crippen molar-refractivity contribution in [2.24, 2.45) is 0 Å². The summed E-state index contributed by atoms with van der Waals surface area (Å²) in [5, 5.41) is 0. The van der Waals surface area contributed by atoms with E-state index >= 15 is 0 Å². The lowest BCUT2D eigenvalue weighted by atomic mass is 10.1. The molecule has 1 unspecified atom stereocenters. The monoisotopic (exact) mass is 264 g/mol. The number of hydrogen-bond donors (Lipinski definition) is 1. The maximum Gasteiger partial charge on any atom is 0.0956 e. The lowest BCUT2D eigenvalue weighted by molar-refractivity contribution is 0.644. The molecule has 3 aromatic rings. The second-order valence-corrected chi connectivity index (χ2v) is 4.77. The summed E-state index contributed by atoms with van der Waals surface area (Å²) >= 11 is 0. The molecule has 0 radical (unpaired) electrons. The van der Waals surface area contributed by atoms with Crippen molar-refractivity contribution in [3.05, 3.63) is 66.9 Å². The lowest BCUT2D eigenvalue weighted by Crippen LogP contribution is -2.07. The van der Waals surface area contributed by atoms with Crippen LogP contribution in [0.3, 0.4) is 0 Å². The van der Waals surface area contributed by atoms with Crippen molar-refractivity contribution in [1.29, 1.82) is 0 Å². The van der Waals surface area contributed by atoms with E-state index in [0.717, 1.165) is 16.9 Å². The molecule has 2 heterocycles. The highest BCUT2D eigenvalue weighted by Gasteiger charge is 2.12. The maximum atomic E-state index is 5.74. The van der Waals surface area contributed by atoms with E-state index in [9.17, 15) is 0 Å². The highest BCUT2D eigenvalue weighted by Crippen LogP contribution is 2.26. The highest BCUT2D eigenvalue weighted by molar-refractivity contribution is 5.57. The Morgan fingerprint density at radius 3 is 2.55 bits per heavy atom. The largest absolute Gasteiger partial charge is 0.399 e. The SMILES string of the molecule is CC(c1ccc(N)cc1)n1cncc1-c1cccnc1. The van der Waals surface area contributed by atoms with E-state index in [0.29, 0.717) is 0 Å². The Labute approximate surface area is 117 Å². The molecule has 0 aliphatic heterocycles. The van der Waals surface area contributed by atoms with E-state index in [4.69, 9.17) is 5.73 Å². The fourth-order valence-electron chi connectivity index (χ4n) is 2.29. The van der Waals surface area contributed by atoms with E-state index < -0.39 is 0 Å². The Morgan fingerprint density at radius 2 is 1.85 bits per heavy atom. The molecule has 0 spiro atoms. The molecule has 20 heavy (non-hydrogen) atoms. The van der Waals surface area contributed by atoms with Gasteiger partial charge in [-0.2, -0.15) is 0 Å². The Morgan fingerprint density at radius 1 is 1.05 bits per heavy atom. The third kappa shape index (κ3) is 2.28. The summed E-state index contributed by atoms with van der Waals surface area (Å²) in [6, 6.07) is 12.1. The third-order valence-electron chi connectivity index (χ3n) is 3.46. The minimum absolute atomic E-state index is 0.188. The van der Waals surface area contributed by atoms with Crippen LogP contribution in [0.4, 0.5) is 5.69 Å². The van der Waals surface area contributed by atoms with Crippen molar-refractivity contribution in [3.8, 4) is 11.3 Å². The van der Waals surface area contributed by atoms with Crippen LogP contribution >= 0.6 is 0 Å². The van der Waals surface area contributed by atoms with Gasteiger partial charge in [0.25, 0.3) is 0 Å². The fourth-order valence-corrected chi connectivity index (χ4v) is 2.29. The fraction of sp³-hybridized carbons (Fsp3) is 0.125. The van der Waals surface area contributed by atoms with Gasteiger partial charge in [-0.3, -0.25) is 4.98 Å². The molecule has 1 atom stereocenters. The number of aromatic nitrogens is 3. The summed E-state index contributed by atoms with van der Waals surface area (Å²) in [4.78, 5) is 8.44. The molecule has 0 amide bonds. The number of nitrogen functional groups attached to an aromatic ring is 1.